The van der Waals surface area contributed by atoms with Crippen molar-refractivity contribution in [2.24, 2.45) is 0 Å². The largest absolute Gasteiger partial charge is 0.380 e. The van der Waals surface area contributed by atoms with Crippen molar-refractivity contribution in [2.45, 2.75) is 38.6 Å². The molecule has 0 radical (unpaired) electrons. The molecule has 76 valence electrons. The average Bonchev–Trinajstić information content (AvgIpc) is 2.32. The van der Waals surface area contributed by atoms with E-state index in [-0.39, 0.29) is 29.4 Å². The van der Waals surface area contributed by atoms with Gasteiger partial charge in [-0.2, -0.15) is 0 Å². The SMILES string of the molecule is C[Si](C)(C)NC(=O)C1CCCO1.[Cr]. The molecule has 1 unspecified atom stereocenters. The van der Waals surface area contributed by atoms with Crippen LogP contribution >= 0.6 is 0 Å². The molecule has 0 aromatic heterocycles. The number of ether oxygens (including phenoxy) is 1. The zero-order chi connectivity index (χ0) is 9.19. The third-order valence-corrected chi connectivity index (χ3v) is 2.72. The summed E-state index contributed by atoms with van der Waals surface area (Å²) in [7, 11) is -1.47. The zero-order valence-corrected chi connectivity index (χ0v) is 10.7. The molecule has 1 aliphatic heterocycles. The van der Waals surface area contributed by atoms with E-state index in [4.69, 9.17) is 4.74 Å². The standard InChI is InChI=1S/C8H17NO2Si.Cr/c1-12(2,3)9-8(10)7-5-4-6-11-7;/h7H,4-6H2,1-3H3,(H,9,10);. The van der Waals surface area contributed by atoms with Crippen LogP contribution in [0.3, 0.4) is 0 Å². The summed E-state index contributed by atoms with van der Waals surface area (Å²) in [5.74, 6) is 0.0895. The molecule has 1 aliphatic rings. The molecule has 0 aromatic carbocycles. The molecule has 1 amide bonds. The van der Waals surface area contributed by atoms with Crippen molar-refractivity contribution in [1.82, 2.24) is 4.98 Å². The van der Waals surface area contributed by atoms with Gasteiger partial charge in [0.05, 0.1) is 0 Å². The fourth-order valence-electron chi connectivity index (χ4n) is 1.23. The topological polar surface area (TPSA) is 38.3 Å². The maximum atomic E-state index is 11.5. The molecule has 0 saturated carbocycles. The van der Waals surface area contributed by atoms with Gasteiger partial charge in [0.15, 0.2) is 0 Å². The Kier molecular flexibility index (Phi) is 5.23. The zero-order valence-electron chi connectivity index (χ0n) is 8.42. The molecule has 0 bridgehead atoms. The minimum Gasteiger partial charge on any atom is -0.380 e. The van der Waals surface area contributed by atoms with E-state index in [2.05, 4.69) is 24.6 Å². The minimum absolute atomic E-state index is 0. The smallest absolute Gasteiger partial charge is 0.241 e. The molecule has 13 heavy (non-hydrogen) atoms. The third kappa shape index (κ3) is 4.82. The first-order chi connectivity index (χ1) is 5.49. The van der Waals surface area contributed by atoms with Crippen molar-refractivity contribution in [3.05, 3.63) is 0 Å². The molecule has 1 saturated heterocycles. The van der Waals surface area contributed by atoms with Gasteiger partial charge in [0, 0.05) is 24.0 Å². The Labute approximate surface area is 91.4 Å². The van der Waals surface area contributed by atoms with E-state index in [9.17, 15) is 4.79 Å². The van der Waals surface area contributed by atoms with E-state index in [1.165, 1.54) is 0 Å². The third-order valence-electron chi connectivity index (χ3n) is 1.72. The van der Waals surface area contributed by atoms with Crippen LogP contribution in [0.25, 0.3) is 0 Å². The van der Waals surface area contributed by atoms with Gasteiger partial charge in [0.1, 0.15) is 14.3 Å². The molecule has 0 aliphatic carbocycles. The molecule has 0 aromatic rings. The van der Waals surface area contributed by atoms with Crippen molar-refractivity contribution >= 4 is 14.1 Å². The number of nitrogens with one attached hydrogen (secondary N) is 1. The molecule has 0 spiro atoms. The predicted molar refractivity (Wildman–Crippen MR) is 50.5 cm³/mol. The number of hydrogen-bond acceptors (Lipinski definition) is 2. The summed E-state index contributed by atoms with van der Waals surface area (Å²) < 4.78 is 5.27. The minimum atomic E-state index is -1.47. The van der Waals surface area contributed by atoms with Crippen LogP contribution in [0.15, 0.2) is 0 Å². The second-order valence-corrected chi connectivity index (χ2v) is 8.99. The van der Waals surface area contributed by atoms with Crippen LogP contribution in [0.1, 0.15) is 12.8 Å². The fraction of sp³-hybridized carbons (Fsp3) is 0.875. The Hall–Kier alpha value is 0.179. The van der Waals surface area contributed by atoms with Gasteiger partial charge >= 0.3 is 0 Å². The van der Waals surface area contributed by atoms with Crippen LogP contribution in [-0.2, 0) is 26.9 Å². The summed E-state index contributed by atoms with van der Waals surface area (Å²) in [6, 6.07) is 0. The van der Waals surface area contributed by atoms with Crippen LogP contribution in [0, 0.1) is 0 Å². The van der Waals surface area contributed by atoms with Gasteiger partial charge in [-0.05, 0) is 12.8 Å². The number of carbonyl (C=O) groups excluding carboxylic acids is 1. The van der Waals surface area contributed by atoms with E-state index in [1.807, 2.05) is 0 Å². The Morgan fingerprint density at radius 3 is 2.46 bits per heavy atom. The van der Waals surface area contributed by atoms with Crippen molar-refractivity contribution in [3.63, 3.8) is 0 Å². The maximum absolute atomic E-state index is 11.5. The first kappa shape index (κ1) is 13.2. The number of rotatable bonds is 2. The van der Waals surface area contributed by atoms with Crippen LogP contribution in [0.5, 0.6) is 0 Å². The van der Waals surface area contributed by atoms with E-state index in [1.54, 1.807) is 0 Å². The number of carbonyl (C=O) groups is 1. The van der Waals surface area contributed by atoms with Crippen molar-refractivity contribution in [1.29, 1.82) is 0 Å². The van der Waals surface area contributed by atoms with E-state index in [0.717, 1.165) is 19.4 Å². The second-order valence-electron chi connectivity index (χ2n) is 4.24. The van der Waals surface area contributed by atoms with Crippen LogP contribution in [0.2, 0.25) is 19.6 Å². The summed E-state index contributed by atoms with van der Waals surface area (Å²) >= 11 is 0. The first-order valence-corrected chi connectivity index (χ1v) is 7.93. The monoisotopic (exact) mass is 239 g/mol. The first-order valence-electron chi connectivity index (χ1n) is 4.43. The Bertz CT molecular complexity index is 175. The fourth-order valence-corrected chi connectivity index (χ4v) is 2.13. The second kappa shape index (κ2) is 5.16. The van der Waals surface area contributed by atoms with Gasteiger partial charge < -0.3 is 9.72 Å². The molecule has 3 nitrogen and oxygen atoms in total. The summed E-state index contributed by atoms with van der Waals surface area (Å²) in [6.45, 7) is 7.07. The van der Waals surface area contributed by atoms with Gasteiger partial charge in [0.2, 0.25) is 5.91 Å². The summed E-state index contributed by atoms with van der Waals surface area (Å²) in [5, 5.41) is 0. The van der Waals surface area contributed by atoms with Crippen molar-refractivity contribution in [3.8, 4) is 0 Å². The van der Waals surface area contributed by atoms with Crippen LogP contribution in [0.4, 0.5) is 0 Å². The van der Waals surface area contributed by atoms with Gasteiger partial charge in [-0.25, -0.2) is 0 Å². The van der Waals surface area contributed by atoms with Crippen molar-refractivity contribution < 1.29 is 26.9 Å². The van der Waals surface area contributed by atoms with Crippen LogP contribution < -0.4 is 4.98 Å². The van der Waals surface area contributed by atoms with Gasteiger partial charge in [-0.15, -0.1) is 0 Å². The van der Waals surface area contributed by atoms with E-state index in [0.29, 0.717) is 0 Å². The molecule has 1 N–H and O–H groups in total. The Morgan fingerprint density at radius 2 is 2.08 bits per heavy atom. The molecule has 1 heterocycles. The Morgan fingerprint density at radius 1 is 1.46 bits per heavy atom. The summed E-state index contributed by atoms with van der Waals surface area (Å²) in [4.78, 5) is 14.5. The van der Waals surface area contributed by atoms with Crippen molar-refractivity contribution in [2.75, 3.05) is 6.61 Å². The maximum Gasteiger partial charge on any atom is 0.241 e. The average molecular weight is 239 g/mol. The summed E-state index contributed by atoms with van der Waals surface area (Å²) in [6.07, 6.45) is 1.73. The van der Waals surface area contributed by atoms with E-state index >= 15 is 0 Å². The van der Waals surface area contributed by atoms with Crippen LogP contribution in [-0.4, -0.2) is 26.9 Å². The predicted octanol–water partition coefficient (Wildman–Crippen LogP) is 1.11. The summed E-state index contributed by atoms with van der Waals surface area (Å²) in [5.41, 5.74) is 0. The quantitative estimate of drug-likeness (QED) is 0.733. The van der Waals surface area contributed by atoms with E-state index < -0.39 is 8.24 Å². The number of hydrogen-bond donors (Lipinski definition) is 1. The van der Waals surface area contributed by atoms with Gasteiger partial charge in [-0.1, -0.05) is 19.6 Å². The van der Waals surface area contributed by atoms with Gasteiger partial charge in [-0.3, -0.25) is 4.79 Å². The molecule has 1 fully saturated rings. The molecule has 1 rings (SSSR count). The molecular weight excluding hydrogens is 222 g/mol. The van der Waals surface area contributed by atoms with Gasteiger partial charge in [0.25, 0.3) is 0 Å². The molecule has 1 atom stereocenters. The Balaban J connectivity index is 0.00000144. The molecular formula is C8H17CrNO2Si. The normalized spacial score (nSPS) is 22.2. The number of amides is 1. The molecule has 5 heteroatoms.